The number of hydrogen-bond donors (Lipinski definition) is 1. The van der Waals surface area contributed by atoms with E-state index < -0.39 is 5.97 Å². The highest BCUT2D eigenvalue weighted by Gasteiger charge is 2.20. The van der Waals surface area contributed by atoms with E-state index in [0.29, 0.717) is 24.2 Å². The number of fused-ring (bicyclic) bond motifs is 1. The Morgan fingerprint density at radius 2 is 2.05 bits per heavy atom. The third-order valence-corrected chi connectivity index (χ3v) is 3.35. The SMILES string of the molecule is CN(Cc1ccoc1)Cc1c(C(=O)O)oc2ccccc12. The Morgan fingerprint density at radius 1 is 1.24 bits per heavy atom. The predicted molar refractivity (Wildman–Crippen MR) is 77.1 cm³/mol. The average Bonchev–Trinajstić information content (AvgIpc) is 3.07. The molecule has 0 bridgehead atoms. The van der Waals surface area contributed by atoms with Crippen molar-refractivity contribution in [2.75, 3.05) is 7.05 Å². The van der Waals surface area contributed by atoms with Gasteiger partial charge in [-0.05, 0) is 19.2 Å². The summed E-state index contributed by atoms with van der Waals surface area (Å²) in [7, 11) is 1.93. The van der Waals surface area contributed by atoms with E-state index in [2.05, 4.69) is 0 Å². The van der Waals surface area contributed by atoms with Crippen molar-refractivity contribution < 1.29 is 18.7 Å². The van der Waals surface area contributed by atoms with Crippen LogP contribution in [0.15, 0.2) is 51.7 Å². The Labute approximate surface area is 121 Å². The van der Waals surface area contributed by atoms with Crippen molar-refractivity contribution in [2.45, 2.75) is 13.1 Å². The first-order valence-electron chi connectivity index (χ1n) is 6.58. The zero-order chi connectivity index (χ0) is 14.8. The molecule has 5 heteroatoms. The third-order valence-electron chi connectivity index (χ3n) is 3.35. The molecular formula is C16H15NO4. The summed E-state index contributed by atoms with van der Waals surface area (Å²) < 4.78 is 10.5. The van der Waals surface area contributed by atoms with Gasteiger partial charge in [-0.25, -0.2) is 4.79 Å². The first-order chi connectivity index (χ1) is 10.1. The number of rotatable bonds is 5. The van der Waals surface area contributed by atoms with Crippen LogP contribution in [0.1, 0.15) is 21.7 Å². The molecule has 0 aliphatic rings. The van der Waals surface area contributed by atoms with Gasteiger partial charge >= 0.3 is 5.97 Å². The monoisotopic (exact) mass is 285 g/mol. The number of carboxylic acids is 1. The minimum Gasteiger partial charge on any atom is -0.475 e. The molecule has 5 nitrogen and oxygen atoms in total. The smallest absolute Gasteiger partial charge is 0.372 e. The second kappa shape index (κ2) is 5.46. The average molecular weight is 285 g/mol. The van der Waals surface area contributed by atoms with Crippen molar-refractivity contribution >= 4 is 16.9 Å². The summed E-state index contributed by atoms with van der Waals surface area (Å²) in [5.74, 6) is -1.03. The topological polar surface area (TPSA) is 66.8 Å². The van der Waals surface area contributed by atoms with Crippen molar-refractivity contribution in [2.24, 2.45) is 0 Å². The maximum Gasteiger partial charge on any atom is 0.372 e. The second-order valence-electron chi connectivity index (χ2n) is 5.01. The van der Waals surface area contributed by atoms with E-state index in [1.807, 2.05) is 36.2 Å². The minimum absolute atomic E-state index is 0.00948. The van der Waals surface area contributed by atoms with E-state index >= 15 is 0 Å². The molecule has 0 spiro atoms. The Hall–Kier alpha value is -2.53. The highest BCUT2D eigenvalue weighted by atomic mass is 16.4. The zero-order valence-electron chi connectivity index (χ0n) is 11.6. The van der Waals surface area contributed by atoms with Crippen molar-refractivity contribution in [1.29, 1.82) is 0 Å². The fourth-order valence-electron chi connectivity index (χ4n) is 2.45. The molecule has 0 radical (unpaired) electrons. The number of para-hydroxylation sites is 1. The molecule has 2 aromatic heterocycles. The summed E-state index contributed by atoms with van der Waals surface area (Å²) in [5, 5.41) is 10.2. The molecule has 3 rings (SSSR count). The highest BCUT2D eigenvalue weighted by molar-refractivity contribution is 5.95. The van der Waals surface area contributed by atoms with Crippen molar-refractivity contribution in [3.63, 3.8) is 0 Å². The maximum atomic E-state index is 11.4. The number of benzene rings is 1. The Balaban J connectivity index is 1.91. The van der Waals surface area contributed by atoms with E-state index in [1.54, 1.807) is 18.6 Å². The zero-order valence-corrected chi connectivity index (χ0v) is 11.6. The quantitative estimate of drug-likeness (QED) is 0.778. The van der Waals surface area contributed by atoms with E-state index in [0.717, 1.165) is 10.9 Å². The summed E-state index contributed by atoms with van der Waals surface area (Å²) in [5.41, 5.74) is 2.34. The van der Waals surface area contributed by atoms with Gasteiger partial charge in [-0.3, -0.25) is 4.90 Å². The van der Waals surface area contributed by atoms with Crippen LogP contribution in [0, 0.1) is 0 Å². The summed E-state index contributed by atoms with van der Waals surface area (Å²) in [6, 6.07) is 9.26. The van der Waals surface area contributed by atoms with Gasteiger partial charge in [0.05, 0.1) is 12.5 Å². The lowest BCUT2D eigenvalue weighted by Crippen LogP contribution is -2.18. The van der Waals surface area contributed by atoms with Gasteiger partial charge in [0.2, 0.25) is 5.76 Å². The Kier molecular flexibility index (Phi) is 3.50. The number of carboxylic acid groups (broad SMARTS) is 1. The van der Waals surface area contributed by atoms with Crippen LogP contribution in [0.25, 0.3) is 11.0 Å². The van der Waals surface area contributed by atoms with E-state index in [4.69, 9.17) is 8.83 Å². The number of nitrogens with zero attached hydrogens (tertiary/aromatic N) is 1. The lowest BCUT2D eigenvalue weighted by molar-refractivity contribution is 0.0662. The second-order valence-corrected chi connectivity index (χ2v) is 5.01. The van der Waals surface area contributed by atoms with Crippen LogP contribution < -0.4 is 0 Å². The summed E-state index contributed by atoms with van der Waals surface area (Å²) in [4.78, 5) is 13.4. The normalized spacial score (nSPS) is 11.3. The molecule has 0 aliphatic heterocycles. The fraction of sp³-hybridized carbons (Fsp3) is 0.188. The molecule has 2 heterocycles. The van der Waals surface area contributed by atoms with Crippen LogP contribution in [0.2, 0.25) is 0 Å². The maximum absolute atomic E-state index is 11.4. The number of furan rings is 2. The molecule has 0 atom stereocenters. The van der Waals surface area contributed by atoms with Gasteiger partial charge in [0, 0.05) is 29.6 Å². The van der Waals surface area contributed by atoms with E-state index in [1.165, 1.54) is 0 Å². The van der Waals surface area contributed by atoms with Crippen molar-refractivity contribution in [3.8, 4) is 0 Å². The molecule has 0 aliphatic carbocycles. The lowest BCUT2D eigenvalue weighted by atomic mass is 10.1. The summed E-state index contributed by atoms with van der Waals surface area (Å²) >= 11 is 0. The summed E-state index contributed by atoms with van der Waals surface area (Å²) in [6.45, 7) is 1.17. The number of carbonyl (C=O) groups is 1. The Bertz CT molecular complexity index is 758. The van der Waals surface area contributed by atoms with E-state index in [9.17, 15) is 9.90 Å². The molecule has 3 aromatic rings. The van der Waals surface area contributed by atoms with E-state index in [-0.39, 0.29) is 5.76 Å². The van der Waals surface area contributed by atoms with Crippen molar-refractivity contribution in [1.82, 2.24) is 4.90 Å². The lowest BCUT2D eigenvalue weighted by Gasteiger charge is -2.15. The molecule has 0 unspecified atom stereocenters. The van der Waals surface area contributed by atoms with Gasteiger partial charge in [0.25, 0.3) is 0 Å². The van der Waals surface area contributed by atoms with Crippen LogP contribution in [0.3, 0.4) is 0 Å². The minimum atomic E-state index is -1.04. The number of hydrogen-bond acceptors (Lipinski definition) is 4. The van der Waals surface area contributed by atoms with Crippen molar-refractivity contribution in [3.05, 3.63) is 59.7 Å². The van der Waals surface area contributed by atoms with Gasteiger partial charge < -0.3 is 13.9 Å². The van der Waals surface area contributed by atoms with Crippen LogP contribution in [-0.4, -0.2) is 23.0 Å². The molecule has 21 heavy (non-hydrogen) atoms. The van der Waals surface area contributed by atoms with Crippen LogP contribution in [0.4, 0.5) is 0 Å². The summed E-state index contributed by atoms with van der Waals surface area (Å²) in [6.07, 6.45) is 3.31. The standard InChI is InChI=1S/C16H15NO4/c1-17(8-11-6-7-20-10-11)9-13-12-4-2-3-5-14(12)21-15(13)16(18)19/h2-7,10H,8-9H2,1H3,(H,18,19). The molecule has 0 saturated heterocycles. The molecule has 1 N–H and O–H groups in total. The van der Waals surface area contributed by atoms with Gasteiger partial charge in [-0.15, -0.1) is 0 Å². The first-order valence-corrected chi connectivity index (χ1v) is 6.58. The molecule has 0 amide bonds. The van der Waals surface area contributed by atoms with Crippen LogP contribution >= 0.6 is 0 Å². The molecular weight excluding hydrogens is 270 g/mol. The third kappa shape index (κ3) is 2.68. The first kappa shape index (κ1) is 13.5. The molecule has 0 fully saturated rings. The largest absolute Gasteiger partial charge is 0.475 e. The fourth-order valence-corrected chi connectivity index (χ4v) is 2.45. The molecule has 1 aromatic carbocycles. The Morgan fingerprint density at radius 3 is 2.76 bits per heavy atom. The van der Waals surface area contributed by atoms with Crippen LogP contribution in [-0.2, 0) is 13.1 Å². The highest BCUT2D eigenvalue weighted by Crippen LogP contribution is 2.27. The van der Waals surface area contributed by atoms with Gasteiger partial charge in [0.15, 0.2) is 0 Å². The molecule has 0 saturated carbocycles. The molecule has 108 valence electrons. The van der Waals surface area contributed by atoms with Gasteiger partial charge in [-0.1, -0.05) is 18.2 Å². The van der Waals surface area contributed by atoms with Gasteiger partial charge in [0.1, 0.15) is 5.58 Å². The number of aromatic carboxylic acids is 1. The van der Waals surface area contributed by atoms with Crippen LogP contribution in [0.5, 0.6) is 0 Å². The predicted octanol–water partition coefficient (Wildman–Crippen LogP) is 3.36. The van der Waals surface area contributed by atoms with Gasteiger partial charge in [-0.2, -0.15) is 0 Å².